The van der Waals surface area contributed by atoms with Crippen LogP contribution in [0.25, 0.3) is 0 Å². The molecule has 1 saturated carbocycles. The molecule has 0 aromatic rings. The molecule has 118 valence electrons. The highest BCUT2D eigenvalue weighted by molar-refractivity contribution is 5.05. The lowest BCUT2D eigenvalue weighted by Gasteiger charge is -2.48. The van der Waals surface area contributed by atoms with Gasteiger partial charge in [0.25, 0.3) is 0 Å². The van der Waals surface area contributed by atoms with Crippen molar-refractivity contribution in [3.8, 4) is 0 Å². The Hall–Kier alpha value is -0.360. The molecule has 2 atom stereocenters. The van der Waals surface area contributed by atoms with Crippen LogP contribution in [0, 0.1) is 11.8 Å². The average molecular weight is 296 g/mol. The number of hydrogen-bond donors (Lipinski definition) is 1. The van der Waals surface area contributed by atoms with Gasteiger partial charge in [-0.15, -0.1) is 0 Å². The van der Waals surface area contributed by atoms with Gasteiger partial charge >= 0.3 is 12.3 Å². The number of nitrogens with zero attached hydrogens (tertiary/aromatic N) is 1. The first kappa shape index (κ1) is 16.0. The van der Waals surface area contributed by atoms with E-state index >= 15 is 0 Å². The molecule has 2 fully saturated rings. The number of nitrogens with one attached hydrogen (secondary N) is 1. The molecule has 0 spiro atoms. The van der Waals surface area contributed by atoms with Crippen LogP contribution >= 0.6 is 0 Å². The molecule has 0 amide bonds. The van der Waals surface area contributed by atoms with Crippen LogP contribution in [0.1, 0.15) is 33.6 Å². The van der Waals surface area contributed by atoms with Crippen LogP contribution in [-0.2, 0) is 0 Å². The first-order valence-electron chi connectivity index (χ1n) is 7.31. The molecule has 20 heavy (non-hydrogen) atoms. The molecule has 2 aliphatic rings. The van der Waals surface area contributed by atoms with Crippen LogP contribution < -0.4 is 5.32 Å². The van der Waals surface area contributed by atoms with Gasteiger partial charge in [0.05, 0.1) is 6.54 Å². The summed E-state index contributed by atoms with van der Waals surface area (Å²) in [5, 5.41) is 3.46. The van der Waals surface area contributed by atoms with Crippen LogP contribution in [-0.4, -0.2) is 48.5 Å². The standard InChI is InChI=1S/C14H24F4N2/c1-9(2)11-6-19-13(3,10-4-5-10)7-20(11)8-14(17,18)12(15)16/h9-12,19H,4-8H2,1-3H3. The van der Waals surface area contributed by atoms with E-state index < -0.39 is 18.9 Å². The van der Waals surface area contributed by atoms with E-state index in [1.165, 1.54) is 0 Å². The van der Waals surface area contributed by atoms with Gasteiger partial charge in [-0.25, -0.2) is 8.78 Å². The van der Waals surface area contributed by atoms with Crippen LogP contribution in [0.2, 0.25) is 0 Å². The van der Waals surface area contributed by atoms with E-state index in [9.17, 15) is 17.6 Å². The molecule has 2 rings (SSSR count). The van der Waals surface area contributed by atoms with E-state index in [-0.39, 0.29) is 17.5 Å². The van der Waals surface area contributed by atoms with Gasteiger partial charge in [-0.1, -0.05) is 13.8 Å². The van der Waals surface area contributed by atoms with Crippen molar-refractivity contribution >= 4 is 0 Å². The van der Waals surface area contributed by atoms with Crippen molar-refractivity contribution in [2.45, 2.75) is 57.5 Å². The quantitative estimate of drug-likeness (QED) is 0.785. The van der Waals surface area contributed by atoms with Crippen molar-refractivity contribution in [3.63, 3.8) is 0 Å². The van der Waals surface area contributed by atoms with Gasteiger partial charge in [-0.2, -0.15) is 8.78 Å². The Balaban J connectivity index is 2.10. The van der Waals surface area contributed by atoms with Crippen molar-refractivity contribution in [1.29, 1.82) is 0 Å². The van der Waals surface area contributed by atoms with Gasteiger partial charge in [0.15, 0.2) is 0 Å². The Labute approximate surface area is 117 Å². The second-order valence-corrected chi connectivity index (χ2v) is 6.85. The highest BCUT2D eigenvalue weighted by atomic mass is 19.3. The van der Waals surface area contributed by atoms with E-state index in [0.717, 1.165) is 12.8 Å². The lowest BCUT2D eigenvalue weighted by molar-refractivity contribution is -0.153. The minimum absolute atomic E-state index is 0.119. The molecule has 0 aromatic carbocycles. The third-order valence-corrected chi connectivity index (χ3v) is 4.70. The normalized spacial score (nSPS) is 33.1. The summed E-state index contributed by atoms with van der Waals surface area (Å²) in [6, 6.07) is -0.119. The molecule has 0 bridgehead atoms. The summed E-state index contributed by atoms with van der Waals surface area (Å²) >= 11 is 0. The Kier molecular flexibility index (Phi) is 4.36. The molecule has 1 saturated heterocycles. The van der Waals surface area contributed by atoms with Crippen LogP contribution in [0.15, 0.2) is 0 Å². The SMILES string of the molecule is CC(C)C1CNC(C)(C2CC2)CN1CC(F)(F)C(F)F. The zero-order valence-electron chi connectivity index (χ0n) is 12.3. The minimum atomic E-state index is -3.94. The number of halogens is 4. The molecule has 2 nitrogen and oxygen atoms in total. The second-order valence-electron chi connectivity index (χ2n) is 6.85. The van der Waals surface area contributed by atoms with E-state index in [1.54, 1.807) is 4.90 Å². The summed E-state index contributed by atoms with van der Waals surface area (Å²) < 4.78 is 51.8. The fourth-order valence-corrected chi connectivity index (χ4v) is 3.23. The summed E-state index contributed by atoms with van der Waals surface area (Å²) in [5.74, 6) is -3.30. The zero-order chi connectivity index (χ0) is 15.1. The highest BCUT2D eigenvalue weighted by Gasteiger charge is 2.50. The molecule has 0 radical (unpaired) electrons. The van der Waals surface area contributed by atoms with Crippen molar-refractivity contribution < 1.29 is 17.6 Å². The molecule has 1 N–H and O–H groups in total. The fourth-order valence-electron chi connectivity index (χ4n) is 3.23. The Morgan fingerprint density at radius 1 is 1.30 bits per heavy atom. The molecule has 1 heterocycles. The van der Waals surface area contributed by atoms with E-state index in [1.807, 2.05) is 20.8 Å². The largest absolute Gasteiger partial charge is 0.319 e. The van der Waals surface area contributed by atoms with Crippen molar-refractivity contribution in [2.24, 2.45) is 11.8 Å². The fraction of sp³-hybridized carbons (Fsp3) is 1.00. The number of hydrogen-bond acceptors (Lipinski definition) is 2. The summed E-state index contributed by atoms with van der Waals surface area (Å²) in [6.07, 6.45) is -1.42. The molecule has 2 unspecified atom stereocenters. The van der Waals surface area contributed by atoms with Crippen LogP contribution in [0.5, 0.6) is 0 Å². The van der Waals surface area contributed by atoms with Crippen LogP contribution in [0.4, 0.5) is 17.6 Å². The lowest BCUT2D eigenvalue weighted by atomic mass is 9.88. The Bertz CT molecular complexity index is 342. The summed E-state index contributed by atoms with van der Waals surface area (Å²) in [5.41, 5.74) is -0.219. The maximum atomic E-state index is 13.4. The summed E-state index contributed by atoms with van der Waals surface area (Å²) in [7, 11) is 0. The van der Waals surface area contributed by atoms with Gasteiger partial charge in [0.2, 0.25) is 0 Å². The number of rotatable bonds is 5. The number of alkyl halides is 4. The molecule has 1 aliphatic heterocycles. The molecular weight excluding hydrogens is 272 g/mol. The van der Waals surface area contributed by atoms with Gasteiger partial charge in [-0.3, -0.25) is 4.90 Å². The third kappa shape index (κ3) is 3.27. The van der Waals surface area contributed by atoms with Gasteiger partial charge in [0, 0.05) is 24.7 Å². The van der Waals surface area contributed by atoms with Crippen LogP contribution in [0.3, 0.4) is 0 Å². The predicted octanol–water partition coefficient (Wildman–Crippen LogP) is 2.99. The van der Waals surface area contributed by atoms with Crippen molar-refractivity contribution in [3.05, 3.63) is 0 Å². The number of piperazine rings is 1. The van der Waals surface area contributed by atoms with E-state index in [0.29, 0.717) is 19.0 Å². The maximum Gasteiger partial charge on any atom is 0.319 e. The second kappa shape index (κ2) is 5.44. The summed E-state index contributed by atoms with van der Waals surface area (Å²) in [4.78, 5) is 1.58. The average Bonchev–Trinajstić information content (AvgIpc) is 3.11. The topological polar surface area (TPSA) is 15.3 Å². The monoisotopic (exact) mass is 296 g/mol. The first-order chi connectivity index (χ1) is 9.16. The van der Waals surface area contributed by atoms with Crippen molar-refractivity contribution in [1.82, 2.24) is 10.2 Å². The molecule has 1 aliphatic carbocycles. The lowest BCUT2D eigenvalue weighted by Crippen LogP contribution is -2.66. The van der Waals surface area contributed by atoms with Gasteiger partial charge < -0.3 is 5.32 Å². The molecule has 0 aromatic heterocycles. The molecule has 6 heteroatoms. The van der Waals surface area contributed by atoms with E-state index in [4.69, 9.17) is 0 Å². The van der Waals surface area contributed by atoms with Crippen molar-refractivity contribution in [2.75, 3.05) is 19.6 Å². The van der Waals surface area contributed by atoms with Gasteiger partial charge in [0.1, 0.15) is 0 Å². The minimum Gasteiger partial charge on any atom is -0.308 e. The zero-order valence-corrected chi connectivity index (χ0v) is 12.3. The first-order valence-corrected chi connectivity index (χ1v) is 7.31. The third-order valence-electron chi connectivity index (χ3n) is 4.70. The Morgan fingerprint density at radius 3 is 2.35 bits per heavy atom. The smallest absolute Gasteiger partial charge is 0.308 e. The predicted molar refractivity (Wildman–Crippen MR) is 70.3 cm³/mol. The summed E-state index contributed by atoms with van der Waals surface area (Å²) in [6.45, 7) is 6.07. The highest BCUT2D eigenvalue weighted by Crippen LogP contribution is 2.42. The van der Waals surface area contributed by atoms with E-state index in [2.05, 4.69) is 5.32 Å². The molecular formula is C14H24F4N2. The maximum absolute atomic E-state index is 13.4. The Morgan fingerprint density at radius 2 is 1.90 bits per heavy atom. The van der Waals surface area contributed by atoms with Gasteiger partial charge in [-0.05, 0) is 31.6 Å².